The largest absolute Gasteiger partial charge is 0.389 e. The first-order valence-electron chi connectivity index (χ1n) is 4.16. The van der Waals surface area contributed by atoms with E-state index in [1.165, 1.54) is 11.3 Å². The Morgan fingerprint density at radius 1 is 1.71 bits per heavy atom. The van der Waals surface area contributed by atoms with Gasteiger partial charge in [-0.2, -0.15) is 0 Å². The monoisotopic (exact) mass is 228 g/mol. The van der Waals surface area contributed by atoms with Crippen LogP contribution in [-0.2, 0) is 0 Å². The van der Waals surface area contributed by atoms with E-state index in [4.69, 9.17) is 16.7 Å². The summed E-state index contributed by atoms with van der Waals surface area (Å²) in [5, 5.41) is 11.5. The van der Waals surface area contributed by atoms with Crippen molar-refractivity contribution in [2.24, 2.45) is 0 Å². The molecular formula is C9H9ClN2OS. The SMILES string of the molecule is CC(O)/C=C/c1c(Cl)nc2sccn12. The number of nitrogens with zero attached hydrogens (tertiary/aromatic N) is 2. The van der Waals surface area contributed by atoms with E-state index in [9.17, 15) is 0 Å². The number of halogens is 1. The number of aliphatic hydroxyl groups is 1. The molecule has 0 fully saturated rings. The zero-order chi connectivity index (χ0) is 10.1. The number of hydrogen-bond donors (Lipinski definition) is 1. The van der Waals surface area contributed by atoms with Gasteiger partial charge in [0.25, 0.3) is 0 Å². The van der Waals surface area contributed by atoms with Gasteiger partial charge in [-0.1, -0.05) is 17.7 Å². The topological polar surface area (TPSA) is 37.5 Å². The highest BCUT2D eigenvalue weighted by Gasteiger charge is 2.07. The molecular weight excluding hydrogens is 220 g/mol. The first kappa shape index (κ1) is 9.71. The molecule has 5 heteroatoms. The lowest BCUT2D eigenvalue weighted by Gasteiger charge is -1.94. The van der Waals surface area contributed by atoms with E-state index in [1.807, 2.05) is 16.0 Å². The summed E-state index contributed by atoms with van der Waals surface area (Å²) in [5.41, 5.74) is 0.809. The summed E-state index contributed by atoms with van der Waals surface area (Å²) in [5.74, 6) is 0. The molecule has 2 heterocycles. The molecule has 0 aromatic carbocycles. The smallest absolute Gasteiger partial charge is 0.195 e. The van der Waals surface area contributed by atoms with E-state index in [0.29, 0.717) is 5.15 Å². The average molecular weight is 229 g/mol. The van der Waals surface area contributed by atoms with Gasteiger partial charge >= 0.3 is 0 Å². The molecule has 74 valence electrons. The normalized spacial score (nSPS) is 14.2. The molecule has 0 amide bonds. The third kappa shape index (κ3) is 1.68. The van der Waals surface area contributed by atoms with Crippen LogP contribution in [0.4, 0.5) is 0 Å². The van der Waals surface area contributed by atoms with Gasteiger partial charge in [-0.15, -0.1) is 11.3 Å². The minimum atomic E-state index is -0.477. The number of aromatic nitrogens is 2. The summed E-state index contributed by atoms with van der Waals surface area (Å²) >= 11 is 7.46. The van der Waals surface area contributed by atoms with Gasteiger partial charge in [0.1, 0.15) is 0 Å². The molecule has 0 aliphatic heterocycles. The van der Waals surface area contributed by atoms with E-state index in [1.54, 1.807) is 19.1 Å². The lowest BCUT2D eigenvalue weighted by Crippen LogP contribution is -1.92. The third-order valence-corrected chi connectivity index (χ3v) is 2.82. The molecule has 14 heavy (non-hydrogen) atoms. The van der Waals surface area contributed by atoms with Crippen molar-refractivity contribution in [3.8, 4) is 0 Å². The van der Waals surface area contributed by atoms with Gasteiger partial charge in [0.15, 0.2) is 10.1 Å². The minimum absolute atomic E-state index is 0.466. The number of thiazole rings is 1. The molecule has 0 saturated heterocycles. The van der Waals surface area contributed by atoms with Gasteiger partial charge in [0.2, 0.25) is 0 Å². The second kappa shape index (κ2) is 3.73. The summed E-state index contributed by atoms with van der Waals surface area (Å²) < 4.78 is 1.89. The van der Waals surface area contributed by atoms with Crippen LogP contribution >= 0.6 is 22.9 Å². The Labute approximate surface area is 90.3 Å². The highest BCUT2D eigenvalue weighted by atomic mass is 35.5. The summed E-state index contributed by atoms with van der Waals surface area (Å²) in [6, 6.07) is 0. The molecule has 2 aromatic rings. The Kier molecular flexibility index (Phi) is 2.58. The van der Waals surface area contributed by atoms with Crippen LogP contribution in [0.25, 0.3) is 11.0 Å². The summed E-state index contributed by atoms with van der Waals surface area (Å²) in [6.07, 6.45) is 4.88. The van der Waals surface area contributed by atoms with Crippen molar-refractivity contribution in [2.45, 2.75) is 13.0 Å². The van der Waals surface area contributed by atoms with E-state index in [-0.39, 0.29) is 0 Å². The van der Waals surface area contributed by atoms with Crippen molar-refractivity contribution in [3.05, 3.63) is 28.5 Å². The van der Waals surface area contributed by atoms with Gasteiger partial charge in [0.05, 0.1) is 11.8 Å². The number of fused-ring (bicyclic) bond motifs is 1. The number of hydrogen-bond acceptors (Lipinski definition) is 3. The molecule has 0 aliphatic rings. The van der Waals surface area contributed by atoms with Crippen molar-refractivity contribution in [3.63, 3.8) is 0 Å². The maximum Gasteiger partial charge on any atom is 0.195 e. The molecule has 0 radical (unpaired) electrons. The number of aliphatic hydroxyl groups excluding tert-OH is 1. The maximum atomic E-state index is 9.11. The first-order chi connectivity index (χ1) is 6.68. The van der Waals surface area contributed by atoms with E-state index < -0.39 is 6.10 Å². The Bertz CT molecular complexity index is 472. The fraction of sp³-hybridized carbons (Fsp3) is 0.222. The van der Waals surface area contributed by atoms with Gasteiger partial charge < -0.3 is 5.11 Å². The fourth-order valence-electron chi connectivity index (χ4n) is 1.16. The highest BCUT2D eigenvalue weighted by molar-refractivity contribution is 7.15. The van der Waals surface area contributed by atoms with E-state index >= 15 is 0 Å². The molecule has 1 N–H and O–H groups in total. The van der Waals surface area contributed by atoms with Crippen molar-refractivity contribution in [1.29, 1.82) is 0 Å². The van der Waals surface area contributed by atoms with Gasteiger partial charge in [-0.25, -0.2) is 4.98 Å². The molecule has 0 aliphatic carbocycles. The molecule has 1 atom stereocenters. The standard InChI is InChI=1S/C9H9ClN2OS/c1-6(13)2-3-7-8(10)11-9-12(7)4-5-14-9/h2-6,13H,1H3/b3-2+. The van der Waals surface area contributed by atoms with Crippen LogP contribution in [0.5, 0.6) is 0 Å². The lowest BCUT2D eigenvalue weighted by molar-refractivity contribution is 0.245. The minimum Gasteiger partial charge on any atom is -0.389 e. The second-order valence-electron chi connectivity index (χ2n) is 2.94. The van der Waals surface area contributed by atoms with Crippen LogP contribution < -0.4 is 0 Å². The number of rotatable bonds is 2. The van der Waals surface area contributed by atoms with Gasteiger partial charge in [-0.3, -0.25) is 4.40 Å². The Morgan fingerprint density at radius 3 is 3.21 bits per heavy atom. The van der Waals surface area contributed by atoms with E-state index in [2.05, 4.69) is 4.98 Å². The molecule has 0 saturated carbocycles. The predicted molar refractivity (Wildman–Crippen MR) is 58.8 cm³/mol. The Balaban J connectivity index is 2.48. The highest BCUT2D eigenvalue weighted by Crippen LogP contribution is 2.22. The summed E-state index contributed by atoms with van der Waals surface area (Å²) in [7, 11) is 0. The van der Waals surface area contributed by atoms with Crippen molar-refractivity contribution >= 4 is 34.0 Å². The zero-order valence-electron chi connectivity index (χ0n) is 7.51. The fourth-order valence-corrected chi connectivity index (χ4v) is 2.16. The zero-order valence-corrected chi connectivity index (χ0v) is 9.09. The lowest BCUT2D eigenvalue weighted by atomic mass is 10.3. The van der Waals surface area contributed by atoms with Crippen LogP contribution in [0.1, 0.15) is 12.6 Å². The van der Waals surface area contributed by atoms with Crippen LogP contribution in [0, 0.1) is 0 Å². The number of imidazole rings is 1. The Morgan fingerprint density at radius 2 is 2.50 bits per heavy atom. The van der Waals surface area contributed by atoms with Crippen LogP contribution in [0.15, 0.2) is 17.7 Å². The second-order valence-corrected chi connectivity index (χ2v) is 4.17. The maximum absolute atomic E-state index is 9.11. The van der Waals surface area contributed by atoms with Gasteiger partial charge in [-0.05, 0) is 13.0 Å². The predicted octanol–water partition coefficient (Wildman–Crippen LogP) is 2.44. The first-order valence-corrected chi connectivity index (χ1v) is 5.41. The molecule has 3 nitrogen and oxygen atoms in total. The van der Waals surface area contributed by atoms with E-state index in [0.717, 1.165) is 10.7 Å². The Hall–Kier alpha value is -0.840. The van der Waals surface area contributed by atoms with Crippen LogP contribution in [0.3, 0.4) is 0 Å². The molecule has 1 unspecified atom stereocenters. The molecule has 0 bridgehead atoms. The van der Waals surface area contributed by atoms with Gasteiger partial charge in [0, 0.05) is 11.6 Å². The summed E-state index contributed by atoms with van der Waals surface area (Å²) in [4.78, 5) is 5.03. The van der Waals surface area contributed by atoms with Crippen molar-refractivity contribution in [1.82, 2.24) is 9.38 Å². The third-order valence-electron chi connectivity index (χ3n) is 1.79. The summed E-state index contributed by atoms with van der Waals surface area (Å²) in [6.45, 7) is 1.69. The van der Waals surface area contributed by atoms with Crippen LogP contribution in [-0.4, -0.2) is 20.6 Å². The molecule has 2 rings (SSSR count). The quantitative estimate of drug-likeness (QED) is 0.858. The molecule has 2 aromatic heterocycles. The average Bonchev–Trinajstić information content (AvgIpc) is 2.61. The van der Waals surface area contributed by atoms with Crippen LogP contribution in [0.2, 0.25) is 5.15 Å². The van der Waals surface area contributed by atoms with Crippen molar-refractivity contribution in [2.75, 3.05) is 0 Å². The molecule has 0 spiro atoms. The van der Waals surface area contributed by atoms with Crippen molar-refractivity contribution < 1.29 is 5.11 Å².